The van der Waals surface area contributed by atoms with E-state index in [1.54, 1.807) is 0 Å². The highest BCUT2D eigenvalue weighted by molar-refractivity contribution is 5.71. The maximum absolute atomic E-state index is 12.8. The molecule has 0 aliphatic carbocycles. The third kappa shape index (κ3) is 57.0. The van der Waals surface area contributed by atoms with Gasteiger partial charge in [-0.15, -0.1) is 0 Å². The number of allylic oxidation sites excluding steroid dienone is 18. The van der Waals surface area contributed by atoms with E-state index in [1.165, 1.54) is 103 Å². The first-order valence-electron chi connectivity index (χ1n) is 29.9. The van der Waals surface area contributed by atoms with Crippen LogP contribution in [0.4, 0.5) is 0 Å². The summed E-state index contributed by atoms with van der Waals surface area (Å²) in [6.07, 6.45) is 80.9. The Bertz CT molecular complexity index is 1470. The van der Waals surface area contributed by atoms with Crippen molar-refractivity contribution in [2.24, 2.45) is 0 Å². The Hall–Kier alpha value is -3.93. The fourth-order valence-electron chi connectivity index (χ4n) is 7.99. The monoisotopic (exact) mass is 999 g/mol. The Morgan fingerprint density at radius 2 is 0.556 bits per heavy atom. The molecule has 0 aromatic carbocycles. The van der Waals surface area contributed by atoms with Gasteiger partial charge in [0.15, 0.2) is 6.10 Å². The van der Waals surface area contributed by atoms with Crippen molar-refractivity contribution >= 4 is 17.9 Å². The van der Waals surface area contributed by atoms with E-state index in [-0.39, 0.29) is 31.1 Å². The van der Waals surface area contributed by atoms with Gasteiger partial charge in [-0.2, -0.15) is 0 Å². The van der Waals surface area contributed by atoms with Crippen LogP contribution in [0.2, 0.25) is 0 Å². The Morgan fingerprint density at radius 1 is 0.292 bits per heavy atom. The molecule has 0 amide bonds. The van der Waals surface area contributed by atoms with E-state index in [0.717, 1.165) is 128 Å². The van der Waals surface area contributed by atoms with Crippen molar-refractivity contribution in [2.75, 3.05) is 13.2 Å². The quantitative estimate of drug-likeness (QED) is 0.0261. The van der Waals surface area contributed by atoms with Gasteiger partial charge >= 0.3 is 17.9 Å². The second kappa shape index (κ2) is 59.6. The van der Waals surface area contributed by atoms with Crippen molar-refractivity contribution in [1.29, 1.82) is 0 Å². The minimum atomic E-state index is -0.791. The minimum Gasteiger partial charge on any atom is -0.462 e. The molecular formula is C66H110O6. The van der Waals surface area contributed by atoms with E-state index in [2.05, 4.69) is 130 Å². The summed E-state index contributed by atoms with van der Waals surface area (Å²) >= 11 is 0. The van der Waals surface area contributed by atoms with E-state index in [4.69, 9.17) is 14.2 Å². The Labute approximate surface area is 444 Å². The van der Waals surface area contributed by atoms with Gasteiger partial charge in [-0.25, -0.2) is 0 Å². The van der Waals surface area contributed by atoms with Crippen molar-refractivity contribution in [1.82, 2.24) is 0 Å². The lowest BCUT2D eigenvalue weighted by atomic mass is 10.1. The zero-order chi connectivity index (χ0) is 52.2. The van der Waals surface area contributed by atoms with Crippen LogP contribution in [0.25, 0.3) is 0 Å². The lowest BCUT2D eigenvalue weighted by Gasteiger charge is -2.18. The summed E-state index contributed by atoms with van der Waals surface area (Å²) in [6.45, 7) is 6.46. The number of unbranched alkanes of at least 4 members (excludes halogenated alkanes) is 24. The fourth-order valence-corrected chi connectivity index (χ4v) is 7.99. The van der Waals surface area contributed by atoms with E-state index in [9.17, 15) is 14.4 Å². The maximum Gasteiger partial charge on any atom is 0.306 e. The predicted octanol–water partition coefficient (Wildman–Crippen LogP) is 20.3. The molecule has 6 heteroatoms. The number of rotatable bonds is 53. The SMILES string of the molecule is CC/C=C\C/C=C\C/C=C\C/C=C\C/C=C\C/C=C\C/C=C\CCCCCCCCCC(=O)OCC(COC(=O)CCCCCCC/C=C\CCCC)OC(=O)CCCCCCC/C=C\CCCCCCC. The first kappa shape index (κ1) is 68.1. The van der Waals surface area contributed by atoms with Crippen LogP contribution < -0.4 is 0 Å². The Morgan fingerprint density at radius 3 is 0.903 bits per heavy atom. The molecule has 0 radical (unpaired) electrons. The molecule has 0 rings (SSSR count). The highest BCUT2D eigenvalue weighted by Crippen LogP contribution is 2.14. The molecule has 0 aliphatic heterocycles. The highest BCUT2D eigenvalue weighted by atomic mass is 16.6. The van der Waals surface area contributed by atoms with Crippen molar-refractivity contribution in [3.8, 4) is 0 Å². The summed E-state index contributed by atoms with van der Waals surface area (Å²) in [6, 6.07) is 0. The van der Waals surface area contributed by atoms with Gasteiger partial charge in [0.05, 0.1) is 0 Å². The average Bonchev–Trinajstić information content (AvgIpc) is 3.38. The largest absolute Gasteiger partial charge is 0.462 e. The van der Waals surface area contributed by atoms with Gasteiger partial charge in [0, 0.05) is 19.3 Å². The number of esters is 3. The number of hydrogen-bond acceptors (Lipinski definition) is 6. The molecule has 0 saturated carbocycles. The normalized spacial score (nSPS) is 12.9. The molecule has 0 N–H and O–H groups in total. The van der Waals surface area contributed by atoms with Crippen molar-refractivity contribution in [2.45, 2.75) is 277 Å². The van der Waals surface area contributed by atoms with Gasteiger partial charge in [-0.3, -0.25) is 14.4 Å². The third-order valence-electron chi connectivity index (χ3n) is 12.5. The van der Waals surface area contributed by atoms with Gasteiger partial charge in [-0.05, 0) is 122 Å². The van der Waals surface area contributed by atoms with Gasteiger partial charge in [0.1, 0.15) is 13.2 Å². The molecule has 0 heterocycles. The first-order chi connectivity index (χ1) is 35.5. The first-order valence-corrected chi connectivity index (χ1v) is 29.9. The molecule has 1 unspecified atom stereocenters. The fraction of sp³-hybridized carbons (Fsp3) is 0.682. The van der Waals surface area contributed by atoms with Crippen molar-refractivity contribution < 1.29 is 28.6 Å². The zero-order valence-electron chi connectivity index (χ0n) is 46.9. The van der Waals surface area contributed by atoms with Crippen LogP contribution in [0, 0.1) is 0 Å². The molecule has 72 heavy (non-hydrogen) atoms. The van der Waals surface area contributed by atoms with Gasteiger partial charge < -0.3 is 14.2 Å². The van der Waals surface area contributed by atoms with Crippen molar-refractivity contribution in [3.05, 3.63) is 109 Å². The Kier molecular flexibility index (Phi) is 56.4. The minimum absolute atomic E-state index is 0.0895. The smallest absolute Gasteiger partial charge is 0.306 e. The molecule has 0 bridgehead atoms. The van der Waals surface area contributed by atoms with Gasteiger partial charge in [-0.1, -0.05) is 239 Å². The Balaban J connectivity index is 4.29. The number of carbonyl (C=O) groups is 3. The molecule has 0 spiro atoms. The standard InChI is InChI=1S/C66H110O6/c1-4-7-10-13-16-19-22-24-26-27-28-29-30-31-32-33-34-35-36-37-38-39-40-42-44-47-50-53-56-59-65(68)71-62-63(61-70-64(67)58-55-52-49-46-43-21-18-15-12-9-6-3)72-66(69)60-57-54-51-48-45-41-25-23-20-17-14-11-8-5-2/h7,10,15-16,18-19,23-26,28-29,31-32,34-35,37-38,63H,4-6,8-9,11-14,17,20-22,27,30,33,36,39-62H2,1-3H3/b10-7-,18-15-,19-16-,25-23-,26-24-,29-28-,32-31-,35-34-,38-37-. The molecule has 0 fully saturated rings. The molecule has 0 aliphatic rings. The summed E-state index contributed by atoms with van der Waals surface area (Å²) in [7, 11) is 0. The zero-order valence-corrected chi connectivity index (χ0v) is 46.9. The number of ether oxygens (including phenoxy) is 3. The molecule has 6 nitrogen and oxygen atoms in total. The average molecular weight is 1000 g/mol. The number of hydrogen-bond donors (Lipinski definition) is 0. The molecular weight excluding hydrogens is 889 g/mol. The van der Waals surface area contributed by atoms with Crippen LogP contribution in [-0.2, 0) is 28.6 Å². The van der Waals surface area contributed by atoms with Crippen LogP contribution in [0.3, 0.4) is 0 Å². The highest BCUT2D eigenvalue weighted by Gasteiger charge is 2.19. The number of carbonyl (C=O) groups excluding carboxylic acids is 3. The van der Waals surface area contributed by atoms with E-state index in [1.807, 2.05) is 0 Å². The molecule has 410 valence electrons. The summed E-state index contributed by atoms with van der Waals surface area (Å²) in [5, 5.41) is 0. The predicted molar refractivity (Wildman–Crippen MR) is 311 cm³/mol. The van der Waals surface area contributed by atoms with Crippen LogP contribution in [0.1, 0.15) is 271 Å². The second-order valence-corrected chi connectivity index (χ2v) is 19.5. The van der Waals surface area contributed by atoms with E-state index < -0.39 is 6.10 Å². The summed E-state index contributed by atoms with van der Waals surface area (Å²) in [5.74, 6) is -0.918. The lowest BCUT2D eigenvalue weighted by molar-refractivity contribution is -0.167. The van der Waals surface area contributed by atoms with Crippen LogP contribution in [0.5, 0.6) is 0 Å². The van der Waals surface area contributed by atoms with Crippen LogP contribution in [0.15, 0.2) is 109 Å². The van der Waals surface area contributed by atoms with Crippen LogP contribution in [-0.4, -0.2) is 37.2 Å². The summed E-state index contributed by atoms with van der Waals surface area (Å²) in [4.78, 5) is 38.1. The molecule has 0 aromatic rings. The molecule has 1 atom stereocenters. The van der Waals surface area contributed by atoms with Crippen LogP contribution >= 0.6 is 0 Å². The molecule has 0 aromatic heterocycles. The summed E-state index contributed by atoms with van der Waals surface area (Å²) < 4.78 is 16.8. The maximum atomic E-state index is 12.8. The van der Waals surface area contributed by atoms with Gasteiger partial charge in [0.25, 0.3) is 0 Å². The second-order valence-electron chi connectivity index (χ2n) is 19.5. The summed E-state index contributed by atoms with van der Waals surface area (Å²) in [5.41, 5.74) is 0. The van der Waals surface area contributed by atoms with E-state index in [0.29, 0.717) is 19.3 Å². The van der Waals surface area contributed by atoms with Crippen molar-refractivity contribution in [3.63, 3.8) is 0 Å². The topological polar surface area (TPSA) is 78.9 Å². The van der Waals surface area contributed by atoms with E-state index >= 15 is 0 Å². The van der Waals surface area contributed by atoms with Gasteiger partial charge in [0.2, 0.25) is 0 Å². The third-order valence-corrected chi connectivity index (χ3v) is 12.5. The lowest BCUT2D eigenvalue weighted by Crippen LogP contribution is -2.30. The molecule has 0 saturated heterocycles.